The number of amides is 1. The van der Waals surface area contributed by atoms with E-state index in [2.05, 4.69) is 14.9 Å². The molecule has 1 aromatic heterocycles. The molecule has 2 aromatic rings. The summed E-state index contributed by atoms with van der Waals surface area (Å²) in [6.07, 6.45) is 1.52. The number of anilines is 1. The molecule has 0 unspecified atom stereocenters. The van der Waals surface area contributed by atoms with Crippen LogP contribution in [0.3, 0.4) is 0 Å². The molecule has 1 saturated heterocycles. The van der Waals surface area contributed by atoms with Gasteiger partial charge in [0, 0.05) is 33.1 Å². The van der Waals surface area contributed by atoms with Gasteiger partial charge in [-0.15, -0.1) is 0 Å². The molecule has 1 aliphatic heterocycles. The van der Waals surface area contributed by atoms with Crippen molar-refractivity contribution in [3.63, 3.8) is 0 Å². The second kappa shape index (κ2) is 7.00. The zero-order valence-corrected chi connectivity index (χ0v) is 14.9. The highest BCUT2D eigenvalue weighted by Crippen LogP contribution is 2.44. The summed E-state index contributed by atoms with van der Waals surface area (Å²) in [5.74, 6) is 2.48. The van der Waals surface area contributed by atoms with Gasteiger partial charge in [-0.25, -0.2) is 9.97 Å². The highest BCUT2D eigenvalue weighted by Gasteiger charge is 2.24. The number of hydrogen-bond acceptors (Lipinski definition) is 7. The molecule has 3 rings (SSSR count). The lowest BCUT2D eigenvalue weighted by Gasteiger charge is -2.35. The summed E-state index contributed by atoms with van der Waals surface area (Å²) in [6.45, 7) is 4.36. The van der Waals surface area contributed by atoms with Crippen molar-refractivity contribution < 1.29 is 19.0 Å². The van der Waals surface area contributed by atoms with Gasteiger partial charge in [0.1, 0.15) is 17.7 Å². The third kappa shape index (κ3) is 2.99. The summed E-state index contributed by atoms with van der Waals surface area (Å²) >= 11 is 0. The third-order valence-electron chi connectivity index (χ3n) is 4.44. The van der Waals surface area contributed by atoms with E-state index < -0.39 is 0 Å². The molecule has 8 heteroatoms. The molecule has 1 fully saturated rings. The third-order valence-corrected chi connectivity index (χ3v) is 4.44. The van der Waals surface area contributed by atoms with Crippen molar-refractivity contribution in [1.29, 1.82) is 0 Å². The van der Waals surface area contributed by atoms with E-state index in [1.54, 1.807) is 28.3 Å². The Morgan fingerprint density at radius 2 is 1.68 bits per heavy atom. The van der Waals surface area contributed by atoms with Crippen LogP contribution in [0.4, 0.5) is 5.82 Å². The topological polar surface area (TPSA) is 77.0 Å². The van der Waals surface area contributed by atoms with E-state index in [1.165, 1.54) is 6.33 Å². The molecule has 8 nitrogen and oxygen atoms in total. The first-order valence-electron chi connectivity index (χ1n) is 8.04. The maximum absolute atomic E-state index is 11.5. The average molecular weight is 346 g/mol. The Bertz CT molecular complexity index is 788. The molecule has 0 spiro atoms. The smallest absolute Gasteiger partial charge is 0.219 e. The lowest BCUT2D eigenvalue weighted by molar-refractivity contribution is -0.129. The van der Waals surface area contributed by atoms with Crippen molar-refractivity contribution in [3.05, 3.63) is 12.4 Å². The van der Waals surface area contributed by atoms with E-state index in [1.807, 2.05) is 11.0 Å². The fourth-order valence-corrected chi connectivity index (χ4v) is 3.14. The van der Waals surface area contributed by atoms with Crippen LogP contribution in [0.25, 0.3) is 10.9 Å². The molecule has 0 atom stereocenters. The predicted molar refractivity (Wildman–Crippen MR) is 93.7 cm³/mol. The second-order valence-electron chi connectivity index (χ2n) is 5.73. The molecule has 0 bridgehead atoms. The molecule has 1 amide bonds. The molecule has 0 aliphatic carbocycles. The summed E-state index contributed by atoms with van der Waals surface area (Å²) in [6, 6.07) is 1.86. The Morgan fingerprint density at radius 3 is 2.24 bits per heavy atom. The first-order chi connectivity index (χ1) is 12.1. The first-order valence-corrected chi connectivity index (χ1v) is 8.04. The summed E-state index contributed by atoms with van der Waals surface area (Å²) in [5, 5.41) is 0.827. The van der Waals surface area contributed by atoms with Gasteiger partial charge in [0.15, 0.2) is 11.5 Å². The molecule has 1 aromatic carbocycles. The minimum atomic E-state index is 0.0975. The quantitative estimate of drug-likeness (QED) is 0.826. The minimum Gasteiger partial charge on any atom is -0.493 e. The fourth-order valence-electron chi connectivity index (χ4n) is 3.14. The van der Waals surface area contributed by atoms with Gasteiger partial charge in [-0.1, -0.05) is 0 Å². The summed E-state index contributed by atoms with van der Waals surface area (Å²) in [7, 11) is 4.72. The summed E-state index contributed by atoms with van der Waals surface area (Å²) in [5.41, 5.74) is 0.666. The number of rotatable bonds is 4. The van der Waals surface area contributed by atoms with Crippen molar-refractivity contribution >= 4 is 22.6 Å². The number of ether oxygens (including phenoxy) is 3. The first kappa shape index (κ1) is 17.1. The Labute approximate surface area is 146 Å². The van der Waals surface area contributed by atoms with Crippen LogP contribution in [-0.4, -0.2) is 68.3 Å². The van der Waals surface area contributed by atoms with Crippen molar-refractivity contribution in [2.75, 3.05) is 52.4 Å². The van der Waals surface area contributed by atoms with E-state index in [4.69, 9.17) is 14.2 Å². The highest BCUT2D eigenvalue weighted by atomic mass is 16.5. The van der Waals surface area contributed by atoms with Gasteiger partial charge in [0.05, 0.1) is 26.7 Å². The van der Waals surface area contributed by atoms with Crippen molar-refractivity contribution in [2.45, 2.75) is 6.92 Å². The number of benzene rings is 1. The number of hydrogen-bond donors (Lipinski definition) is 0. The number of carbonyl (C=O) groups is 1. The maximum atomic E-state index is 11.5. The van der Waals surface area contributed by atoms with Crippen LogP contribution in [0.2, 0.25) is 0 Å². The number of carbonyl (C=O) groups excluding carboxylic acids is 1. The number of nitrogens with zero attached hydrogens (tertiary/aromatic N) is 4. The van der Waals surface area contributed by atoms with Crippen LogP contribution in [-0.2, 0) is 4.79 Å². The highest BCUT2D eigenvalue weighted by molar-refractivity contribution is 5.97. The predicted octanol–water partition coefficient (Wildman–Crippen LogP) is 1.32. The van der Waals surface area contributed by atoms with E-state index >= 15 is 0 Å². The van der Waals surface area contributed by atoms with Crippen LogP contribution in [0.1, 0.15) is 6.92 Å². The van der Waals surface area contributed by atoms with E-state index in [0.29, 0.717) is 48.9 Å². The van der Waals surface area contributed by atoms with Gasteiger partial charge < -0.3 is 24.0 Å². The van der Waals surface area contributed by atoms with E-state index in [0.717, 1.165) is 11.2 Å². The van der Waals surface area contributed by atoms with E-state index in [-0.39, 0.29) is 5.91 Å². The molecular weight excluding hydrogens is 324 g/mol. The summed E-state index contributed by atoms with van der Waals surface area (Å²) in [4.78, 5) is 24.3. The number of methoxy groups -OCH3 is 3. The summed E-state index contributed by atoms with van der Waals surface area (Å²) < 4.78 is 16.4. The molecule has 1 aliphatic rings. The van der Waals surface area contributed by atoms with Crippen molar-refractivity contribution in [1.82, 2.24) is 14.9 Å². The molecule has 0 saturated carbocycles. The van der Waals surface area contributed by atoms with Crippen LogP contribution in [0.5, 0.6) is 17.2 Å². The second-order valence-corrected chi connectivity index (χ2v) is 5.73. The van der Waals surface area contributed by atoms with Gasteiger partial charge in [0.25, 0.3) is 0 Å². The standard InChI is InChI=1S/C17H22N4O4/c1-11(22)20-5-7-21(8-6-20)17-12-9-13(23-2)15(24-3)16(25-4)14(12)18-10-19-17/h9-10H,5-8H2,1-4H3. The minimum absolute atomic E-state index is 0.0975. The molecule has 134 valence electrons. The van der Waals surface area contributed by atoms with Gasteiger partial charge in [-0.3, -0.25) is 4.79 Å². The molecule has 25 heavy (non-hydrogen) atoms. The number of piperazine rings is 1. The van der Waals surface area contributed by atoms with Crippen LogP contribution in [0, 0.1) is 0 Å². The lowest BCUT2D eigenvalue weighted by atomic mass is 10.1. The maximum Gasteiger partial charge on any atom is 0.219 e. The van der Waals surface area contributed by atoms with Gasteiger partial charge >= 0.3 is 0 Å². The van der Waals surface area contributed by atoms with Crippen LogP contribution in [0.15, 0.2) is 12.4 Å². The lowest BCUT2D eigenvalue weighted by Crippen LogP contribution is -2.48. The number of fused-ring (bicyclic) bond motifs is 1. The fraction of sp³-hybridized carbons (Fsp3) is 0.471. The van der Waals surface area contributed by atoms with Gasteiger partial charge in [-0.05, 0) is 6.07 Å². The SMILES string of the molecule is COc1cc2c(N3CCN(C(C)=O)CC3)ncnc2c(OC)c1OC. The van der Waals surface area contributed by atoms with Gasteiger partial charge in [-0.2, -0.15) is 0 Å². The van der Waals surface area contributed by atoms with Crippen molar-refractivity contribution in [3.8, 4) is 17.2 Å². The van der Waals surface area contributed by atoms with Gasteiger partial charge in [0.2, 0.25) is 11.7 Å². The van der Waals surface area contributed by atoms with Crippen molar-refractivity contribution in [2.24, 2.45) is 0 Å². The Morgan fingerprint density at radius 1 is 1.00 bits per heavy atom. The average Bonchev–Trinajstić information content (AvgIpc) is 2.65. The normalized spacial score (nSPS) is 14.6. The zero-order valence-electron chi connectivity index (χ0n) is 14.9. The molecule has 0 N–H and O–H groups in total. The number of aromatic nitrogens is 2. The largest absolute Gasteiger partial charge is 0.493 e. The van der Waals surface area contributed by atoms with E-state index in [9.17, 15) is 4.79 Å². The Hall–Kier alpha value is -2.77. The molecule has 2 heterocycles. The molecule has 0 radical (unpaired) electrons. The monoisotopic (exact) mass is 346 g/mol. The Kier molecular flexibility index (Phi) is 4.78. The van der Waals surface area contributed by atoms with Crippen LogP contribution < -0.4 is 19.1 Å². The van der Waals surface area contributed by atoms with Crippen LogP contribution >= 0.6 is 0 Å². The Balaban J connectivity index is 2.07. The molecular formula is C17H22N4O4. The zero-order chi connectivity index (χ0) is 18.0.